The standard InChI is InChI=1S/C17H16ClN5O4S/c1-23-16(26)14(15(28)22-17(23)27)11(20)7-13(25)21-12(24)6-10(19)8-2-4-9(18)5-3-8/h2-5,19-20,28H,6-7H2,1H3,(H,22,27)(H,21,24,25). The number of carbonyl (C=O) groups is 2. The van der Waals surface area contributed by atoms with Crippen LogP contribution in [-0.2, 0) is 16.6 Å². The molecule has 0 spiro atoms. The van der Waals surface area contributed by atoms with Crippen LogP contribution in [0.4, 0.5) is 0 Å². The van der Waals surface area contributed by atoms with Gasteiger partial charge in [0, 0.05) is 17.8 Å². The summed E-state index contributed by atoms with van der Waals surface area (Å²) in [6, 6.07) is 6.32. The number of imide groups is 1. The molecule has 4 N–H and O–H groups in total. The van der Waals surface area contributed by atoms with Gasteiger partial charge in [0.2, 0.25) is 11.8 Å². The van der Waals surface area contributed by atoms with E-state index >= 15 is 0 Å². The molecular formula is C17H16ClN5O4S. The quantitative estimate of drug-likeness (QED) is 0.267. The molecular weight excluding hydrogens is 406 g/mol. The van der Waals surface area contributed by atoms with Crippen LogP contribution in [-0.4, -0.2) is 32.8 Å². The molecule has 1 heterocycles. The predicted octanol–water partition coefficient (Wildman–Crippen LogP) is 0.875. The van der Waals surface area contributed by atoms with E-state index in [-0.39, 0.29) is 22.7 Å². The second-order valence-corrected chi connectivity index (χ2v) is 6.69. The van der Waals surface area contributed by atoms with E-state index in [1.165, 1.54) is 7.05 Å². The topological polar surface area (TPSA) is 149 Å². The van der Waals surface area contributed by atoms with Crippen LogP contribution in [0.3, 0.4) is 0 Å². The number of aromatic amines is 1. The number of nitrogens with zero attached hydrogens (tertiary/aromatic N) is 1. The summed E-state index contributed by atoms with van der Waals surface area (Å²) in [5.41, 5.74) is -1.64. The van der Waals surface area contributed by atoms with Gasteiger partial charge in [-0.15, -0.1) is 12.6 Å². The highest BCUT2D eigenvalue weighted by Crippen LogP contribution is 2.11. The van der Waals surface area contributed by atoms with Gasteiger partial charge in [-0.2, -0.15) is 0 Å². The largest absolute Gasteiger partial charge is 0.328 e. The molecule has 1 aromatic heterocycles. The van der Waals surface area contributed by atoms with Gasteiger partial charge in [0.15, 0.2) is 0 Å². The molecule has 0 saturated carbocycles. The Morgan fingerprint density at radius 2 is 1.64 bits per heavy atom. The number of aromatic nitrogens is 2. The lowest BCUT2D eigenvalue weighted by Crippen LogP contribution is -2.38. The average Bonchev–Trinajstić information content (AvgIpc) is 2.59. The fraction of sp³-hybridized carbons (Fsp3) is 0.176. The van der Waals surface area contributed by atoms with E-state index in [9.17, 15) is 19.2 Å². The fourth-order valence-corrected chi connectivity index (χ4v) is 2.74. The van der Waals surface area contributed by atoms with E-state index in [4.69, 9.17) is 22.4 Å². The van der Waals surface area contributed by atoms with E-state index in [2.05, 4.69) is 22.9 Å². The highest BCUT2D eigenvalue weighted by molar-refractivity contribution is 7.80. The third kappa shape index (κ3) is 5.05. The molecule has 2 aromatic rings. The summed E-state index contributed by atoms with van der Waals surface area (Å²) in [7, 11) is 1.22. The van der Waals surface area contributed by atoms with Gasteiger partial charge >= 0.3 is 5.69 Å². The molecule has 0 saturated heterocycles. The minimum absolute atomic E-state index is 0.0100. The zero-order chi connectivity index (χ0) is 21.0. The van der Waals surface area contributed by atoms with E-state index in [0.29, 0.717) is 10.6 Å². The average molecular weight is 422 g/mol. The Hall–Kier alpha value is -2.98. The maximum absolute atomic E-state index is 12.1. The maximum Gasteiger partial charge on any atom is 0.328 e. The molecule has 0 aliphatic rings. The zero-order valence-electron chi connectivity index (χ0n) is 14.6. The van der Waals surface area contributed by atoms with E-state index in [1.807, 2.05) is 0 Å². The van der Waals surface area contributed by atoms with Crippen molar-refractivity contribution in [2.75, 3.05) is 0 Å². The lowest BCUT2D eigenvalue weighted by atomic mass is 10.1. The second kappa shape index (κ2) is 8.81. The van der Waals surface area contributed by atoms with E-state index in [1.54, 1.807) is 24.3 Å². The normalized spacial score (nSPS) is 10.4. The van der Waals surface area contributed by atoms with Crippen LogP contribution < -0.4 is 16.6 Å². The fourth-order valence-electron chi connectivity index (χ4n) is 2.29. The summed E-state index contributed by atoms with van der Waals surface area (Å²) in [6.07, 6.45) is -0.923. The van der Waals surface area contributed by atoms with Gasteiger partial charge in [-0.25, -0.2) is 4.79 Å². The Balaban J connectivity index is 2.01. The highest BCUT2D eigenvalue weighted by atomic mass is 35.5. The molecule has 9 nitrogen and oxygen atoms in total. The summed E-state index contributed by atoms with van der Waals surface area (Å²) < 4.78 is 0.750. The minimum atomic E-state index is -0.820. The first-order chi connectivity index (χ1) is 13.1. The molecule has 11 heteroatoms. The first-order valence-corrected chi connectivity index (χ1v) is 8.68. The van der Waals surface area contributed by atoms with Crippen molar-refractivity contribution in [2.24, 2.45) is 7.05 Å². The molecule has 0 fully saturated rings. The van der Waals surface area contributed by atoms with Crippen LogP contribution in [0.25, 0.3) is 0 Å². The number of carbonyl (C=O) groups excluding carboxylic acids is 2. The van der Waals surface area contributed by atoms with Crippen molar-refractivity contribution in [3.63, 3.8) is 0 Å². The zero-order valence-corrected chi connectivity index (χ0v) is 16.3. The third-order valence-electron chi connectivity index (χ3n) is 3.73. The Bertz CT molecular complexity index is 1090. The number of thiol groups is 1. The van der Waals surface area contributed by atoms with Crippen LogP contribution in [0.1, 0.15) is 24.0 Å². The molecule has 0 aliphatic heterocycles. The summed E-state index contributed by atoms with van der Waals surface area (Å²) in [6.45, 7) is 0. The molecule has 2 rings (SSSR count). The summed E-state index contributed by atoms with van der Waals surface area (Å²) in [5.74, 6) is -1.54. The number of benzene rings is 1. The van der Waals surface area contributed by atoms with Gasteiger partial charge in [-0.05, 0) is 17.7 Å². The minimum Gasteiger partial charge on any atom is -0.304 e. The van der Waals surface area contributed by atoms with Crippen molar-refractivity contribution < 1.29 is 9.59 Å². The monoisotopic (exact) mass is 421 g/mol. The number of nitrogens with one attached hydrogen (secondary N) is 4. The van der Waals surface area contributed by atoms with Gasteiger partial charge < -0.3 is 15.8 Å². The van der Waals surface area contributed by atoms with Gasteiger partial charge in [0.05, 0.1) is 29.1 Å². The van der Waals surface area contributed by atoms with Gasteiger partial charge in [-0.1, -0.05) is 23.7 Å². The molecule has 2 amide bonds. The third-order valence-corrected chi connectivity index (χ3v) is 4.32. The van der Waals surface area contributed by atoms with Crippen molar-refractivity contribution in [1.29, 1.82) is 10.8 Å². The molecule has 146 valence electrons. The molecule has 0 aliphatic carbocycles. The van der Waals surface area contributed by atoms with Crippen molar-refractivity contribution in [1.82, 2.24) is 14.9 Å². The van der Waals surface area contributed by atoms with Crippen LogP contribution in [0.2, 0.25) is 5.02 Å². The van der Waals surface area contributed by atoms with Crippen LogP contribution in [0, 0.1) is 10.8 Å². The van der Waals surface area contributed by atoms with Gasteiger partial charge in [0.1, 0.15) is 0 Å². The number of amides is 2. The number of H-pyrrole nitrogens is 1. The number of halogens is 1. The van der Waals surface area contributed by atoms with Crippen LogP contribution in [0.15, 0.2) is 38.9 Å². The van der Waals surface area contributed by atoms with Crippen LogP contribution in [0.5, 0.6) is 0 Å². The smallest absolute Gasteiger partial charge is 0.304 e. The Labute approximate surface area is 169 Å². The lowest BCUT2D eigenvalue weighted by Gasteiger charge is -2.09. The van der Waals surface area contributed by atoms with E-state index < -0.39 is 35.2 Å². The summed E-state index contributed by atoms with van der Waals surface area (Å²) >= 11 is 9.73. The maximum atomic E-state index is 12.1. The summed E-state index contributed by atoms with van der Waals surface area (Å²) in [4.78, 5) is 49.8. The lowest BCUT2D eigenvalue weighted by molar-refractivity contribution is -0.129. The number of hydrogen-bond acceptors (Lipinski definition) is 7. The predicted molar refractivity (Wildman–Crippen MR) is 107 cm³/mol. The SMILES string of the molecule is Cn1c(=O)[nH]c(S)c(C(=N)CC(=O)NC(=O)CC(=N)c2ccc(Cl)cc2)c1=O. The second-order valence-electron chi connectivity index (χ2n) is 5.81. The Kier molecular flexibility index (Phi) is 6.71. The van der Waals surface area contributed by atoms with E-state index in [0.717, 1.165) is 4.57 Å². The summed E-state index contributed by atoms with van der Waals surface area (Å²) in [5, 5.41) is 18.3. The van der Waals surface area contributed by atoms with Crippen molar-refractivity contribution in [2.45, 2.75) is 17.9 Å². The molecule has 0 unspecified atom stereocenters. The first-order valence-electron chi connectivity index (χ1n) is 7.86. The van der Waals surface area contributed by atoms with Crippen molar-refractivity contribution >= 4 is 47.5 Å². The molecule has 0 atom stereocenters. The molecule has 0 bridgehead atoms. The number of hydrogen-bond donors (Lipinski definition) is 5. The molecule has 28 heavy (non-hydrogen) atoms. The number of rotatable bonds is 6. The van der Waals surface area contributed by atoms with Crippen LogP contribution >= 0.6 is 24.2 Å². The van der Waals surface area contributed by atoms with Crippen molar-refractivity contribution in [3.8, 4) is 0 Å². The molecule has 0 radical (unpaired) electrons. The van der Waals surface area contributed by atoms with Gasteiger partial charge in [0.25, 0.3) is 5.56 Å². The Morgan fingerprint density at radius 3 is 2.21 bits per heavy atom. The van der Waals surface area contributed by atoms with Crippen molar-refractivity contribution in [3.05, 3.63) is 61.3 Å². The first kappa shape index (κ1) is 21.3. The molecule has 1 aromatic carbocycles. The highest BCUT2D eigenvalue weighted by Gasteiger charge is 2.19. The van der Waals surface area contributed by atoms with Gasteiger partial charge in [-0.3, -0.25) is 24.3 Å². The Morgan fingerprint density at radius 1 is 1.11 bits per heavy atom.